The van der Waals surface area contributed by atoms with Crippen molar-refractivity contribution in [3.05, 3.63) is 48.6 Å². The molecule has 79 heavy (non-hydrogen) atoms. The lowest BCUT2D eigenvalue weighted by molar-refractivity contribution is -0.301. The smallest absolute Gasteiger partial charge is 0.335 e. The van der Waals surface area contributed by atoms with E-state index in [1.807, 2.05) is 0 Å². The lowest BCUT2D eigenvalue weighted by Crippen LogP contribution is -2.61. The fourth-order valence-corrected chi connectivity index (χ4v) is 9.84. The van der Waals surface area contributed by atoms with Gasteiger partial charge in [0.1, 0.15) is 18.8 Å². The van der Waals surface area contributed by atoms with Crippen molar-refractivity contribution in [1.82, 2.24) is 0 Å². The third-order valence-corrected chi connectivity index (χ3v) is 14.9. The number of aliphatic hydroxyl groups excluding tert-OH is 2. The van der Waals surface area contributed by atoms with Gasteiger partial charge < -0.3 is 39.0 Å². The predicted molar refractivity (Wildman–Crippen MR) is 322 cm³/mol. The highest BCUT2D eigenvalue weighted by Crippen LogP contribution is 2.27. The second kappa shape index (κ2) is 55.2. The quantitative estimate of drug-likeness (QED) is 0.0228. The van der Waals surface area contributed by atoms with Crippen LogP contribution in [-0.4, -0.2) is 89.2 Å². The number of carbonyl (C=O) groups excluding carboxylic acids is 3. The second-order valence-electron chi connectivity index (χ2n) is 22.4. The Morgan fingerprint density at radius 3 is 1.16 bits per heavy atom. The van der Waals surface area contributed by atoms with Gasteiger partial charge in [-0.3, -0.25) is 14.4 Å². The molecule has 0 aliphatic carbocycles. The van der Waals surface area contributed by atoms with E-state index in [1.165, 1.54) is 141 Å². The van der Waals surface area contributed by atoms with E-state index in [1.54, 1.807) is 0 Å². The van der Waals surface area contributed by atoms with Crippen LogP contribution >= 0.6 is 0 Å². The standard InChI is InChI=1S/C67H118O12/c1-4-7-10-13-16-19-22-25-28-29-30-31-34-37-40-43-46-49-52-55-61(70)78-65-63(72)62(71)64(66(73)74)79-67(65)76-57-58(77-60(69)54-51-48-45-42-39-36-33-27-24-21-18-15-12-9-6-3)56-75-59(68)53-50-47-44-41-38-35-32-26-23-20-17-14-11-8-5-2/h16-17,19-20,25-26,28,32,58,62-65,67,71-72H,4-15,18,21-24,27,29-31,33-57H2,1-3H3,(H,73,74)/b19-16-,20-17-,28-25-,32-26-. The molecule has 1 aliphatic rings. The number of ether oxygens (including phenoxy) is 5. The van der Waals surface area contributed by atoms with Crippen LogP contribution < -0.4 is 0 Å². The van der Waals surface area contributed by atoms with E-state index >= 15 is 0 Å². The van der Waals surface area contributed by atoms with Crippen LogP contribution in [0.5, 0.6) is 0 Å². The lowest BCUT2D eigenvalue weighted by Gasteiger charge is -2.40. The molecule has 1 fully saturated rings. The highest BCUT2D eigenvalue weighted by Gasteiger charge is 2.50. The molecule has 1 saturated heterocycles. The fourth-order valence-electron chi connectivity index (χ4n) is 9.84. The van der Waals surface area contributed by atoms with E-state index in [0.29, 0.717) is 19.3 Å². The number of aliphatic hydroxyl groups is 2. The largest absolute Gasteiger partial charge is 0.479 e. The van der Waals surface area contributed by atoms with Crippen LogP contribution in [-0.2, 0) is 42.9 Å². The first-order valence-corrected chi connectivity index (χ1v) is 32.6. The van der Waals surface area contributed by atoms with Crippen molar-refractivity contribution in [2.45, 2.75) is 340 Å². The van der Waals surface area contributed by atoms with Crippen LogP contribution in [0.3, 0.4) is 0 Å². The summed E-state index contributed by atoms with van der Waals surface area (Å²) >= 11 is 0. The molecule has 6 unspecified atom stereocenters. The van der Waals surface area contributed by atoms with Gasteiger partial charge in [-0.2, -0.15) is 0 Å². The summed E-state index contributed by atoms with van der Waals surface area (Å²) < 4.78 is 28.5. The van der Waals surface area contributed by atoms with Crippen molar-refractivity contribution in [2.75, 3.05) is 13.2 Å². The monoisotopic (exact) mass is 1110 g/mol. The Balaban J connectivity index is 2.65. The molecule has 1 rings (SSSR count). The fraction of sp³-hybridized carbons (Fsp3) is 0.821. The van der Waals surface area contributed by atoms with Crippen LogP contribution in [0.2, 0.25) is 0 Å². The number of carbonyl (C=O) groups is 4. The van der Waals surface area contributed by atoms with E-state index in [4.69, 9.17) is 23.7 Å². The molecule has 0 radical (unpaired) electrons. The number of unbranched alkanes of at least 4 members (excludes halogenated alkanes) is 34. The minimum atomic E-state index is -1.90. The van der Waals surface area contributed by atoms with E-state index in [0.717, 1.165) is 103 Å². The Morgan fingerprint density at radius 1 is 0.418 bits per heavy atom. The highest BCUT2D eigenvalue weighted by molar-refractivity contribution is 5.74. The molecule has 3 N–H and O–H groups in total. The van der Waals surface area contributed by atoms with Gasteiger partial charge in [0.05, 0.1) is 6.61 Å². The first-order chi connectivity index (χ1) is 38.6. The van der Waals surface area contributed by atoms with Crippen molar-refractivity contribution < 1.29 is 58.2 Å². The summed E-state index contributed by atoms with van der Waals surface area (Å²) in [6.45, 7) is 5.97. The van der Waals surface area contributed by atoms with Gasteiger partial charge in [-0.1, -0.05) is 249 Å². The number of rotatable bonds is 56. The third kappa shape index (κ3) is 45.0. The zero-order chi connectivity index (χ0) is 57.5. The predicted octanol–water partition coefficient (Wildman–Crippen LogP) is 17.3. The summed E-state index contributed by atoms with van der Waals surface area (Å²) in [7, 11) is 0. The minimum Gasteiger partial charge on any atom is -0.479 e. The molecular formula is C67H118O12. The summed E-state index contributed by atoms with van der Waals surface area (Å²) in [5.74, 6) is -3.11. The Bertz CT molecular complexity index is 1560. The average Bonchev–Trinajstić information content (AvgIpc) is 3.44. The molecule has 0 aromatic rings. The first kappa shape index (κ1) is 73.7. The van der Waals surface area contributed by atoms with E-state index in [2.05, 4.69) is 69.4 Å². The maximum absolute atomic E-state index is 13.2. The second-order valence-corrected chi connectivity index (χ2v) is 22.4. The van der Waals surface area contributed by atoms with Gasteiger partial charge in [-0.15, -0.1) is 0 Å². The van der Waals surface area contributed by atoms with E-state index in [9.17, 15) is 34.5 Å². The van der Waals surface area contributed by atoms with E-state index < -0.39 is 67.3 Å². The number of hydrogen-bond acceptors (Lipinski definition) is 11. The molecule has 0 amide bonds. The molecule has 0 saturated carbocycles. The number of allylic oxidation sites excluding steroid dienone is 8. The van der Waals surface area contributed by atoms with Crippen molar-refractivity contribution >= 4 is 23.9 Å². The summed E-state index contributed by atoms with van der Waals surface area (Å²) in [4.78, 5) is 51.3. The van der Waals surface area contributed by atoms with Crippen molar-refractivity contribution in [2.24, 2.45) is 0 Å². The Kier molecular flexibility index (Phi) is 51.5. The van der Waals surface area contributed by atoms with Gasteiger partial charge in [-0.05, 0) is 83.5 Å². The molecule has 0 aromatic carbocycles. The van der Waals surface area contributed by atoms with Gasteiger partial charge in [0.25, 0.3) is 0 Å². The summed E-state index contributed by atoms with van der Waals surface area (Å²) in [5, 5.41) is 31.6. The maximum atomic E-state index is 13.2. The lowest BCUT2D eigenvalue weighted by atomic mass is 9.98. The van der Waals surface area contributed by atoms with E-state index in [-0.39, 0.29) is 25.9 Å². The maximum Gasteiger partial charge on any atom is 0.335 e. The van der Waals surface area contributed by atoms with Gasteiger partial charge in [-0.25, -0.2) is 4.79 Å². The minimum absolute atomic E-state index is 0.0563. The zero-order valence-corrected chi connectivity index (χ0v) is 50.6. The molecule has 12 nitrogen and oxygen atoms in total. The van der Waals surface area contributed by atoms with Crippen molar-refractivity contribution in [3.8, 4) is 0 Å². The molecule has 458 valence electrons. The molecule has 12 heteroatoms. The number of carboxylic acid groups (broad SMARTS) is 1. The SMILES string of the molecule is CCCCC/C=C\C/C=C\CCCCCCCCCCCC(=O)OC1C(OCC(COC(=O)CCCCCCC/C=C\C/C=C\CCCCC)OC(=O)CCCCCCCCCCCCCCCCC)OC(C(=O)O)C(O)C1O. The molecule has 1 heterocycles. The molecular weight excluding hydrogens is 997 g/mol. The number of carboxylic acids is 1. The Morgan fingerprint density at radius 2 is 0.759 bits per heavy atom. The van der Waals surface area contributed by atoms with Gasteiger partial charge in [0.15, 0.2) is 24.6 Å². The number of aliphatic carboxylic acids is 1. The summed E-state index contributed by atoms with van der Waals surface area (Å²) in [6.07, 6.45) is 54.9. The molecule has 6 atom stereocenters. The van der Waals surface area contributed by atoms with Crippen LogP contribution in [0.25, 0.3) is 0 Å². The highest BCUT2D eigenvalue weighted by atomic mass is 16.7. The van der Waals surface area contributed by atoms with Crippen LogP contribution in [0.1, 0.15) is 303 Å². The summed E-state index contributed by atoms with van der Waals surface area (Å²) in [5.41, 5.74) is 0. The van der Waals surface area contributed by atoms with Gasteiger partial charge in [0.2, 0.25) is 0 Å². The Labute approximate surface area is 482 Å². The topological polar surface area (TPSA) is 175 Å². The number of hydrogen-bond donors (Lipinski definition) is 3. The number of esters is 3. The van der Waals surface area contributed by atoms with Gasteiger partial charge in [0, 0.05) is 19.3 Å². The molecule has 0 spiro atoms. The summed E-state index contributed by atoms with van der Waals surface area (Å²) in [6, 6.07) is 0. The molecule has 0 bridgehead atoms. The third-order valence-electron chi connectivity index (χ3n) is 14.9. The van der Waals surface area contributed by atoms with Crippen LogP contribution in [0.4, 0.5) is 0 Å². The molecule has 0 aromatic heterocycles. The zero-order valence-electron chi connectivity index (χ0n) is 50.6. The van der Waals surface area contributed by atoms with Crippen molar-refractivity contribution in [3.63, 3.8) is 0 Å². The van der Waals surface area contributed by atoms with Gasteiger partial charge >= 0.3 is 23.9 Å². The van der Waals surface area contributed by atoms with Crippen LogP contribution in [0, 0.1) is 0 Å². The van der Waals surface area contributed by atoms with Crippen molar-refractivity contribution in [1.29, 1.82) is 0 Å². The molecule has 1 aliphatic heterocycles. The normalized spacial score (nSPS) is 18.1. The average molecular weight is 1120 g/mol. The Hall–Kier alpha value is -3.32. The first-order valence-electron chi connectivity index (χ1n) is 32.6. The van der Waals surface area contributed by atoms with Crippen LogP contribution in [0.15, 0.2) is 48.6 Å².